The average Bonchev–Trinajstić information content (AvgIpc) is 3.09. The van der Waals surface area contributed by atoms with Gasteiger partial charge in [-0.05, 0) is 36.8 Å². The van der Waals surface area contributed by atoms with Gasteiger partial charge in [-0.3, -0.25) is 0 Å². The highest BCUT2D eigenvalue weighted by Crippen LogP contribution is 2.40. The molecule has 25 heavy (non-hydrogen) atoms. The minimum atomic E-state index is -3.37. The van der Waals surface area contributed by atoms with Gasteiger partial charge in [-0.1, -0.05) is 6.92 Å². The lowest BCUT2D eigenvalue weighted by Gasteiger charge is -2.37. The Morgan fingerprint density at radius 1 is 1.16 bits per heavy atom. The topological polar surface area (TPSA) is 60.8 Å². The molecule has 2 aromatic rings. The molecule has 6 nitrogen and oxygen atoms in total. The molecule has 2 heterocycles. The van der Waals surface area contributed by atoms with Crippen LogP contribution in [0.25, 0.3) is 0 Å². The molecule has 0 N–H and O–H groups in total. The van der Waals surface area contributed by atoms with Gasteiger partial charge in [0.2, 0.25) is 10.0 Å². The maximum Gasteiger partial charge on any atom is 0.215 e. The SMILES string of the molecule is CCCS(=O)(=O)N1CCn2cccc2C1c1cc(OC)ccc1OC. The van der Waals surface area contributed by atoms with E-state index in [4.69, 9.17) is 9.47 Å². The standard InChI is InChI=1S/C18H24N2O4S/c1-4-12-25(21,22)20-11-10-19-9-5-6-16(19)18(20)15-13-14(23-2)7-8-17(15)24-3/h5-9,13,18H,4,10-12H2,1-3H3. The van der Waals surface area contributed by atoms with Crippen molar-refractivity contribution in [3.63, 3.8) is 0 Å². The molecule has 1 aromatic heterocycles. The molecule has 1 aromatic carbocycles. The van der Waals surface area contributed by atoms with Crippen molar-refractivity contribution < 1.29 is 17.9 Å². The molecule has 7 heteroatoms. The predicted octanol–water partition coefficient (Wildman–Crippen LogP) is 2.65. The van der Waals surface area contributed by atoms with Gasteiger partial charge in [-0.15, -0.1) is 0 Å². The number of nitrogens with zero attached hydrogens (tertiary/aromatic N) is 2. The van der Waals surface area contributed by atoms with E-state index in [-0.39, 0.29) is 5.75 Å². The first-order valence-corrected chi connectivity index (χ1v) is 9.99. The maximum absolute atomic E-state index is 12.9. The van der Waals surface area contributed by atoms with Gasteiger partial charge in [-0.25, -0.2) is 8.42 Å². The first-order valence-electron chi connectivity index (χ1n) is 8.38. The fourth-order valence-corrected chi connectivity index (χ4v) is 5.06. The normalized spacial score (nSPS) is 18.0. The number of rotatable bonds is 6. The summed E-state index contributed by atoms with van der Waals surface area (Å²) in [6.07, 6.45) is 2.57. The minimum Gasteiger partial charge on any atom is -0.497 e. The van der Waals surface area contributed by atoms with Crippen molar-refractivity contribution in [1.29, 1.82) is 0 Å². The third-order valence-corrected chi connectivity index (χ3v) is 6.58. The summed E-state index contributed by atoms with van der Waals surface area (Å²) >= 11 is 0. The van der Waals surface area contributed by atoms with Crippen LogP contribution in [-0.2, 0) is 16.6 Å². The highest BCUT2D eigenvalue weighted by Gasteiger charge is 2.37. The van der Waals surface area contributed by atoms with Crippen LogP contribution in [0.15, 0.2) is 36.5 Å². The van der Waals surface area contributed by atoms with Gasteiger partial charge < -0.3 is 14.0 Å². The monoisotopic (exact) mass is 364 g/mol. The lowest BCUT2D eigenvalue weighted by Crippen LogP contribution is -2.43. The molecule has 0 saturated heterocycles. The first kappa shape index (κ1) is 17.8. The predicted molar refractivity (Wildman–Crippen MR) is 96.6 cm³/mol. The van der Waals surface area contributed by atoms with Crippen LogP contribution in [0.1, 0.15) is 30.6 Å². The van der Waals surface area contributed by atoms with Gasteiger partial charge in [0.25, 0.3) is 0 Å². The zero-order chi connectivity index (χ0) is 18.0. The molecule has 1 atom stereocenters. The van der Waals surface area contributed by atoms with Gasteiger partial charge in [0.15, 0.2) is 0 Å². The highest BCUT2D eigenvalue weighted by molar-refractivity contribution is 7.89. The Morgan fingerprint density at radius 2 is 1.96 bits per heavy atom. The summed E-state index contributed by atoms with van der Waals surface area (Å²) in [4.78, 5) is 0. The largest absolute Gasteiger partial charge is 0.497 e. The lowest BCUT2D eigenvalue weighted by atomic mass is 10.0. The molecule has 136 valence electrons. The minimum absolute atomic E-state index is 0.135. The molecule has 1 aliphatic rings. The van der Waals surface area contributed by atoms with Crippen LogP contribution in [0.4, 0.5) is 0 Å². The van der Waals surface area contributed by atoms with Gasteiger partial charge in [0, 0.05) is 30.5 Å². The fraction of sp³-hybridized carbons (Fsp3) is 0.444. The van der Waals surface area contributed by atoms with Crippen molar-refractivity contribution in [2.45, 2.75) is 25.9 Å². The van der Waals surface area contributed by atoms with Crippen LogP contribution in [0.2, 0.25) is 0 Å². The summed E-state index contributed by atoms with van der Waals surface area (Å²) in [7, 11) is -0.179. The quantitative estimate of drug-likeness (QED) is 0.791. The Hall–Kier alpha value is -1.99. The molecule has 0 fully saturated rings. The van der Waals surface area contributed by atoms with Crippen LogP contribution in [0, 0.1) is 0 Å². The van der Waals surface area contributed by atoms with E-state index in [1.807, 2.05) is 43.5 Å². The molecule has 3 rings (SSSR count). The van der Waals surface area contributed by atoms with Gasteiger partial charge in [0.1, 0.15) is 11.5 Å². The number of fused-ring (bicyclic) bond motifs is 1. The molecule has 1 unspecified atom stereocenters. The molecule has 0 spiro atoms. The molecular weight excluding hydrogens is 340 g/mol. The first-order chi connectivity index (χ1) is 12.0. The smallest absolute Gasteiger partial charge is 0.215 e. The van der Waals surface area contributed by atoms with E-state index >= 15 is 0 Å². The van der Waals surface area contributed by atoms with Crippen LogP contribution in [-0.4, -0.2) is 43.8 Å². The second-order valence-corrected chi connectivity index (χ2v) is 8.10. The number of aromatic nitrogens is 1. The van der Waals surface area contributed by atoms with E-state index < -0.39 is 16.1 Å². The van der Waals surface area contributed by atoms with Gasteiger partial charge in [-0.2, -0.15) is 4.31 Å². The van der Waals surface area contributed by atoms with Crippen molar-refractivity contribution in [1.82, 2.24) is 8.87 Å². The average molecular weight is 364 g/mol. The van der Waals surface area contributed by atoms with E-state index in [1.54, 1.807) is 18.5 Å². The second kappa shape index (κ2) is 7.09. The van der Waals surface area contributed by atoms with Gasteiger partial charge >= 0.3 is 0 Å². The second-order valence-electron chi connectivity index (χ2n) is 6.06. The highest BCUT2D eigenvalue weighted by atomic mass is 32.2. The number of methoxy groups -OCH3 is 2. The number of hydrogen-bond donors (Lipinski definition) is 0. The van der Waals surface area contributed by atoms with Gasteiger partial charge in [0.05, 0.1) is 26.0 Å². The van der Waals surface area contributed by atoms with Crippen molar-refractivity contribution in [3.8, 4) is 11.5 Å². The van der Waals surface area contributed by atoms with E-state index in [0.29, 0.717) is 31.0 Å². The van der Waals surface area contributed by atoms with Crippen molar-refractivity contribution in [2.24, 2.45) is 0 Å². The summed E-state index contributed by atoms with van der Waals surface area (Å²) < 4.78 is 40.4. The molecule has 0 aliphatic carbocycles. The zero-order valence-electron chi connectivity index (χ0n) is 14.8. The summed E-state index contributed by atoms with van der Waals surface area (Å²) in [6.45, 7) is 2.97. The number of benzene rings is 1. The fourth-order valence-electron chi connectivity index (χ4n) is 3.40. The van der Waals surface area contributed by atoms with Crippen LogP contribution < -0.4 is 9.47 Å². The molecule has 1 aliphatic heterocycles. The van der Waals surface area contributed by atoms with Crippen LogP contribution >= 0.6 is 0 Å². The molecule has 0 radical (unpaired) electrons. The van der Waals surface area contributed by atoms with E-state index in [1.165, 1.54) is 0 Å². The van der Waals surface area contributed by atoms with Crippen molar-refractivity contribution >= 4 is 10.0 Å². The number of sulfonamides is 1. The Morgan fingerprint density at radius 3 is 2.64 bits per heavy atom. The summed E-state index contributed by atoms with van der Waals surface area (Å²) in [6, 6.07) is 8.99. The van der Waals surface area contributed by atoms with Crippen LogP contribution in [0.3, 0.4) is 0 Å². The summed E-state index contributed by atoms with van der Waals surface area (Å²) in [5.41, 5.74) is 1.73. The van der Waals surface area contributed by atoms with Crippen molar-refractivity contribution in [3.05, 3.63) is 47.8 Å². The van der Waals surface area contributed by atoms with E-state index in [9.17, 15) is 8.42 Å². The molecular formula is C18H24N2O4S. The Bertz CT molecular complexity index is 845. The van der Waals surface area contributed by atoms with E-state index in [0.717, 1.165) is 11.3 Å². The molecule has 0 saturated carbocycles. The Labute approximate surface area is 149 Å². The van der Waals surface area contributed by atoms with E-state index in [2.05, 4.69) is 4.57 Å². The van der Waals surface area contributed by atoms with Crippen molar-refractivity contribution in [2.75, 3.05) is 26.5 Å². The summed E-state index contributed by atoms with van der Waals surface area (Å²) in [5.74, 6) is 1.46. The summed E-state index contributed by atoms with van der Waals surface area (Å²) in [5, 5.41) is 0. The number of hydrogen-bond acceptors (Lipinski definition) is 4. The Kier molecular flexibility index (Phi) is 5.06. The Balaban J connectivity index is 2.18. The van der Waals surface area contributed by atoms with Crippen LogP contribution in [0.5, 0.6) is 11.5 Å². The maximum atomic E-state index is 12.9. The molecule has 0 amide bonds. The zero-order valence-corrected chi connectivity index (χ0v) is 15.6. The third-order valence-electron chi connectivity index (χ3n) is 4.54. The lowest BCUT2D eigenvalue weighted by molar-refractivity contribution is 0.289. The third kappa shape index (κ3) is 3.26. The molecule has 0 bridgehead atoms. The number of ether oxygens (including phenoxy) is 2.